The molecule has 1 fully saturated rings. The topological polar surface area (TPSA) is 167 Å². The van der Waals surface area contributed by atoms with Crippen molar-refractivity contribution in [1.29, 1.82) is 0 Å². The molecule has 2 aromatic carbocycles. The van der Waals surface area contributed by atoms with Crippen molar-refractivity contribution in [3.05, 3.63) is 59.1 Å². The first-order valence-electron chi connectivity index (χ1n) is 10.8. The Kier molecular flexibility index (Phi) is 7.03. The molecule has 3 aromatic rings. The van der Waals surface area contributed by atoms with E-state index in [1.54, 1.807) is 55.5 Å². The molecule has 0 aliphatic carbocycles. The average molecular weight is 481 g/mol. The summed E-state index contributed by atoms with van der Waals surface area (Å²) in [5, 5.41) is 19.4. The first kappa shape index (κ1) is 23.9. The number of nitrogens with one attached hydrogen (secondary N) is 3. The van der Waals surface area contributed by atoms with Crippen LogP contribution in [0.3, 0.4) is 0 Å². The molecule has 4 rings (SSSR count). The van der Waals surface area contributed by atoms with Crippen LogP contribution in [0.2, 0.25) is 0 Å². The van der Waals surface area contributed by atoms with E-state index in [9.17, 15) is 24.3 Å². The number of morpholine rings is 1. The summed E-state index contributed by atoms with van der Waals surface area (Å²) in [4.78, 5) is 52.0. The third-order valence-electron chi connectivity index (χ3n) is 5.33. The first-order chi connectivity index (χ1) is 16.9. The number of nitrogens with zero attached hydrogens (tertiary/aromatic N) is 2. The fourth-order valence-corrected chi connectivity index (χ4v) is 3.48. The van der Waals surface area contributed by atoms with Gasteiger partial charge in [0.2, 0.25) is 5.91 Å². The van der Waals surface area contributed by atoms with Crippen LogP contribution in [0.4, 0.5) is 17.1 Å². The second-order valence-electron chi connectivity index (χ2n) is 7.68. The van der Waals surface area contributed by atoms with Crippen LogP contribution in [0.15, 0.2) is 57.8 Å². The second-order valence-corrected chi connectivity index (χ2v) is 7.68. The monoisotopic (exact) mass is 481 g/mol. The van der Waals surface area contributed by atoms with Crippen LogP contribution in [-0.2, 0) is 19.1 Å². The predicted molar refractivity (Wildman–Crippen MR) is 125 cm³/mol. The number of aliphatic hydroxyl groups excluding tert-OH is 1. The molecule has 0 saturated carbocycles. The number of H-pyrrole nitrogens is 1. The Morgan fingerprint density at radius 3 is 2.40 bits per heavy atom. The standard InChI is InChI=1S/C23H23N5O7/c1-2-17(29)24-14-7-9-16(10-8-14)28-11-12-34-19(22(28)32)18(30)21(31)25-15-5-3-13(4-6-15)20-26-23(33)35-27-20/h3-10,18-19,30H,2,11-12H2,1H3,(H,24,29)(H,25,31)(H,26,27,33)/t18-,19-/m1/s1. The van der Waals surface area contributed by atoms with Gasteiger partial charge in [-0.1, -0.05) is 12.1 Å². The Labute approximate surface area is 198 Å². The minimum atomic E-state index is -1.75. The highest BCUT2D eigenvalue weighted by Gasteiger charge is 2.39. The number of benzene rings is 2. The number of rotatable bonds is 7. The molecule has 182 valence electrons. The van der Waals surface area contributed by atoms with Crippen LogP contribution in [0, 0.1) is 0 Å². The molecular weight excluding hydrogens is 458 g/mol. The largest absolute Gasteiger partial charge is 0.439 e. The molecule has 0 radical (unpaired) electrons. The molecule has 12 nitrogen and oxygen atoms in total. The third-order valence-corrected chi connectivity index (χ3v) is 5.33. The first-order valence-corrected chi connectivity index (χ1v) is 10.8. The van der Waals surface area contributed by atoms with Crippen LogP contribution in [0.5, 0.6) is 0 Å². The maximum absolute atomic E-state index is 13.0. The lowest BCUT2D eigenvalue weighted by Crippen LogP contribution is -2.55. The van der Waals surface area contributed by atoms with Crippen LogP contribution < -0.4 is 21.3 Å². The molecule has 0 bridgehead atoms. The Hall–Kier alpha value is -4.29. The third kappa shape index (κ3) is 5.45. The zero-order chi connectivity index (χ0) is 24.9. The van der Waals surface area contributed by atoms with Gasteiger partial charge in [-0.2, -0.15) is 0 Å². The Bertz CT molecular complexity index is 1270. The fourth-order valence-electron chi connectivity index (χ4n) is 3.48. The Morgan fingerprint density at radius 2 is 1.77 bits per heavy atom. The number of aromatic amines is 1. The van der Waals surface area contributed by atoms with Gasteiger partial charge < -0.3 is 25.4 Å². The van der Waals surface area contributed by atoms with E-state index in [4.69, 9.17) is 4.74 Å². The number of hydrogen-bond acceptors (Lipinski definition) is 8. The van der Waals surface area contributed by atoms with E-state index < -0.39 is 29.8 Å². The quantitative estimate of drug-likeness (QED) is 0.389. The maximum Gasteiger partial charge on any atom is 0.439 e. The number of hydrogen-bond donors (Lipinski definition) is 4. The van der Waals surface area contributed by atoms with Gasteiger partial charge in [0.25, 0.3) is 11.8 Å². The van der Waals surface area contributed by atoms with Crippen LogP contribution in [0.25, 0.3) is 11.4 Å². The molecule has 2 heterocycles. The number of aliphatic hydroxyl groups is 1. The van der Waals surface area contributed by atoms with Crippen molar-refractivity contribution < 1.29 is 28.8 Å². The number of aromatic nitrogens is 2. The summed E-state index contributed by atoms with van der Waals surface area (Å²) in [6, 6.07) is 12.9. The Balaban J connectivity index is 1.40. The number of carbonyl (C=O) groups is 3. The predicted octanol–water partition coefficient (Wildman–Crippen LogP) is 1.11. The highest BCUT2D eigenvalue weighted by atomic mass is 16.5. The van der Waals surface area contributed by atoms with Gasteiger partial charge in [-0.15, -0.1) is 0 Å². The lowest BCUT2D eigenvalue weighted by molar-refractivity contribution is -0.150. The van der Waals surface area contributed by atoms with Crippen molar-refractivity contribution in [2.75, 3.05) is 28.7 Å². The van der Waals surface area contributed by atoms with E-state index in [1.165, 1.54) is 4.90 Å². The minimum Gasteiger partial charge on any atom is -0.380 e. The van der Waals surface area contributed by atoms with Gasteiger partial charge >= 0.3 is 5.76 Å². The average Bonchev–Trinajstić information content (AvgIpc) is 3.31. The number of carbonyl (C=O) groups excluding carboxylic acids is 3. The molecule has 35 heavy (non-hydrogen) atoms. The summed E-state index contributed by atoms with van der Waals surface area (Å²) in [5.41, 5.74) is 2.05. The van der Waals surface area contributed by atoms with Crippen molar-refractivity contribution in [3.63, 3.8) is 0 Å². The molecule has 1 aliphatic rings. The summed E-state index contributed by atoms with van der Waals surface area (Å²) in [6.45, 7) is 2.12. The lowest BCUT2D eigenvalue weighted by atomic mass is 10.1. The minimum absolute atomic E-state index is 0.125. The summed E-state index contributed by atoms with van der Waals surface area (Å²) < 4.78 is 9.88. The zero-order valence-corrected chi connectivity index (χ0v) is 18.7. The zero-order valence-electron chi connectivity index (χ0n) is 18.7. The maximum atomic E-state index is 13.0. The van der Waals surface area contributed by atoms with E-state index in [-0.39, 0.29) is 24.9 Å². The van der Waals surface area contributed by atoms with Crippen molar-refractivity contribution in [2.24, 2.45) is 0 Å². The van der Waals surface area contributed by atoms with Crippen molar-refractivity contribution >= 4 is 34.8 Å². The molecular formula is C23H23N5O7. The van der Waals surface area contributed by atoms with Crippen LogP contribution in [0.1, 0.15) is 13.3 Å². The molecule has 3 amide bonds. The van der Waals surface area contributed by atoms with Crippen LogP contribution in [-0.4, -0.2) is 58.3 Å². The number of anilines is 3. The summed E-state index contributed by atoms with van der Waals surface area (Å²) in [5.74, 6) is -1.96. The molecule has 4 N–H and O–H groups in total. The highest BCUT2D eigenvalue weighted by molar-refractivity contribution is 6.04. The smallest absolute Gasteiger partial charge is 0.380 e. The van der Waals surface area contributed by atoms with E-state index in [0.717, 1.165) is 0 Å². The van der Waals surface area contributed by atoms with Gasteiger partial charge in [0.1, 0.15) is 0 Å². The van der Waals surface area contributed by atoms with E-state index in [0.29, 0.717) is 29.0 Å². The molecule has 0 unspecified atom stereocenters. The van der Waals surface area contributed by atoms with Crippen LogP contribution >= 0.6 is 0 Å². The molecule has 2 atom stereocenters. The normalized spacial score (nSPS) is 16.6. The van der Waals surface area contributed by atoms with Crippen molar-refractivity contribution in [1.82, 2.24) is 10.1 Å². The van der Waals surface area contributed by atoms with Gasteiger partial charge in [0.15, 0.2) is 18.0 Å². The van der Waals surface area contributed by atoms with Gasteiger partial charge in [0.05, 0.1) is 6.61 Å². The van der Waals surface area contributed by atoms with Gasteiger partial charge in [0, 0.05) is 35.6 Å². The van der Waals surface area contributed by atoms with E-state index >= 15 is 0 Å². The van der Waals surface area contributed by atoms with Gasteiger partial charge in [-0.3, -0.25) is 23.9 Å². The number of ether oxygens (including phenoxy) is 1. The summed E-state index contributed by atoms with van der Waals surface area (Å²) >= 11 is 0. The Morgan fingerprint density at radius 1 is 1.11 bits per heavy atom. The van der Waals surface area contributed by atoms with Crippen molar-refractivity contribution in [2.45, 2.75) is 25.6 Å². The fraction of sp³-hybridized carbons (Fsp3) is 0.261. The molecule has 0 spiro atoms. The second kappa shape index (κ2) is 10.3. The SMILES string of the molecule is CCC(=O)Nc1ccc(N2CCO[C@H]([C@@H](O)C(=O)Nc3ccc(-c4noc(=O)[nH]4)cc3)C2=O)cc1. The van der Waals surface area contributed by atoms with Gasteiger partial charge in [-0.25, -0.2) is 4.79 Å². The molecule has 1 saturated heterocycles. The van der Waals surface area contributed by atoms with Gasteiger partial charge in [-0.05, 0) is 48.5 Å². The number of amides is 3. The van der Waals surface area contributed by atoms with E-state index in [2.05, 4.69) is 25.3 Å². The molecule has 12 heteroatoms. The highest BCUT2D eigenvalue weighted by Crippen LogP contribution is 2.23. The lowest BCUT2D eigenvalue weighted by Gasteiger charge is -2.34. The van der Waals surface area contributed by atoms with E-state index in [1.807, 2.05) is 0 Å². The van der Waals surface area contributed by atoms with Crippen molar-refractivity contribution in [3.8, 4) is 11.4 Å². The molecule has 1 aromatic heterocycles. The summed E-state index contributed by atoms with van der Waals surface area (Å²) in [6.07, 6.45) is -2.79. The molecule has 1 aliphatic heterocycles. The summed E-state index contributed by atoms with van der Waals surface area (Å²) in [7, 11) is 0.